The monoisotopic (exact) mass is 354 g/mol. The van der Waals surface area contributed by atoms with E-state index in [9.17, 15) is 5.11 Å². The van der Waals surface area contributed by atoms with Crippen molar-refractivity contribution in [2.75, 3.05) is 27.2 Å². The zero-order valence-electron chi connectivity index (χ0n) is 13.4. The zero-order chi connectivity index (χ0) is 16.9. The minimum absolute atomic E-state index is 0.192. The Bertz CT molecular complexity index is 632. The Labute approximate surface area is 147 Å². The number of aliphatic hydroxyl groups is 1. The highest BCUT2D eigenvalue weighted by Gasteiger charge is 2.21. The van der Waals surface area contributed by atoms with Crippen LogP contribution in [0, 0.1) is 0 Å². The quantitative estimate of drug-likeness (QED) is 0.761. The van der Waals surface area contributed by atoms with Crippen LogP contribution in [0.25, 0.3) is 0 Å². The summed E-state index contributed by atoms with van der Waals surface area (Å²) in [7, 11) is 4.18. The molecule has 23 heavy (non-hydrogen) atoms. The predicted octanol–water partition coefficient (Wildman–Crippen LogP) is 4.01. The molecule has 124 valence electrons. The molecule has 0 aromatic heterocycles. The molecule has 0 amide bonds. The third kappa shape index (κ3) is 6.04. The zero-order valence-corrected chi connectivity index (χ0v) is 14.9. The van der Waals surface area contributed by atoms with E-state index in [1.54, 1.807) is 18.2 Å². The molecule has 3 nitrogen and oxygen atoms in total. The number of hydrogen-bond donors (Lipinski definition) is 1. The maximum absolute atomic E-state index is 10.3. The Hall–Kier alpha value is -1.26. The number of likely N-dealkylation sites (N-methyl/N-ethyl adjacent to an activating group) is 1. The molecule has 0 saturated carbocycles. The molecule has 0 fully saturated rings. The van der Waals surface area contributed by atoms with Crippen LogP contribution in [0.5, 0.6) is 5.75 Å². The number of benzene rings is 2. The highest BCUT2D eigenvalue weighted by Crippen LogP contribution is 2.27. The van der Waals surface area contributed by atoms with Crippen molar-refractivity contribution in [2.45, 2.75) is 12.6 Å². The molecule has 0 aliphatic rings. The Balaban J connectivity index is 1.87. The van der Waals surface area contributed by atoms with E-state index >= 15 is 0 Å². The van der Waals surface area contributed by atoms with Crippen molar-refractivity contribution in [1.29, 1.82) is 0 Å². The van der Waals surface area contributed by atoms with Gasteiger partial charge in [-0.2, -0.15) is 0 Å². The number of hydrogen-bond acceptors (Lipinski definition) is 2. The minimum atomic E-state index is -0.583. The number of aliphatic hydroxyl groups excluding tert-OH is 1. The van der Waals surface area contributed by atoms with Gasteiger partial charge in [0, 0.05) is 10.6 Å². The first kappa shape index (κ1) is 18.1. The van der Waals surface area contributed by atoms with Crippen LogP contribution in [0.2, 0.25) is 10.0 Å². The van der Waals surface area contributed by atoms with Crippen LogP contribution in [-0.2, 0) is 6.54 Å². The summed E-state index contributed by atoms with van der Waals surface area (Å²) in [4.78, 5) is 0. The number of rotatable bonds is 7. The summed E-state index contributed by atoms with van der Waals surface area (Å²) in [6.45, 7) is 1.62. The molecule has 0 heterocycles. The first-order chi connectivity index (χ1) is 10.9. The van der Waals surface area contributed by atoms with E-state index in [-0.39, 0.29) is 6.61 Å². The number of halogens is 2. The summed E-state index contributed by atoms with van der Waals surface area (Å²) in [5.74, 6) is 0.531. The molecule has 0 aliphatic heterocycles. The van der Waals surface area contributed by atoms with Crippen LogP contribution >= 0.6 is 23.2 Å². The van der Waals surface area contributed by atoms with Gasteiger partial charge in [0.05, 0.1) is 19.1 Å². The Morgan fingerprint density at radius 1 is 1.09 bits per heavy atom. The van der Waals surface area contributed by atoms with Gasteiger partial charge >= 0.3 is 0 Å². The average molecular weight is 355 g/mol. The second-order valence-corrected chi connectivity index (χ2v) is 7.15. The molecule has 1 atom stereocenters. The van der Waals surface area contributed by atoms with Crippen LogP contribution in [0.1, 0.15) is 5.56 Å². The van der Waals surface area contributed by atoms with Crippen molar-refractivity contribution in [3.63, 3.8) is 0 Å². The average Bonchev–Trinajstić information content (AvgIpc) is 2.46. The summed E-state index contributed by atoms with van der Waals surface area (Å²) >= 11 is 11.9. The van der Waals surface area contributed by atoms with Crippen LogP contribution in [-0.4, -0.2) is 42.9 Å². The van der Waals surface area contributed by atoms with Crippen LogP contribution in [0.3, 0.4) is 0 Å². The smallest absolute Gasteiger partial charge is 0.138 e. The van der Waals surface area contributed by atoms with Crippen molar-refractivity contribution in [2.24, 2.45) is 0 Å². The highest BCUT2D eigenvalue weighted by atomic mass is 35.5. The van der Waals surface area contributed by atoms with Gasteiger partial charge in [-0.1, -0.05) is 53.5 Å². The third-order valence-electron chi connectivity index (χ3n) is 3.48. The number of ether oxygens (including phenoxy) is 1. The summed E-state index contributed by atoms with van der Waals surface area (Å²) in [6, 6.07) is 15.3. The lowest BCUT2D eigenvalue weighted by Gasteiger charge is -2.32. The van der Waals surface area contributed by atoms with Crippen molar-refractivity contribution in [1.82, 2.24) is 0 Å². The van der Waals surface area contributed by atoms with Gasteiger partial charge in [0.15, 0.2) is 0 Å². The van der Waals surface area contributed by atoms with Gasteiger partial charge in [0.25, 0.3) is 0 Å². The van der Waals surface area contributed by atoms with Gasteiger partial charge in [-0.15, -0.1) is 0 Å². The molecular weight excluding hydrogens is 333 g/mol. The summed E-state index contributed by atoms with van der Waals surface area (Å²) < 4.78 is 6.27. The van der Waals surface area contributed by atoms with E-state index in [2.05, 4.69) is 26.2 Å². The van der Waals surface area contributed by atoms with Crippen molar-refractivity contribution < 1.29 is 14.3 Å². The second-order valence-electron chi connectivity index (χ2n) is 6.30. The first-order valence-electron chi connectivity index (χ1n) is 7.47. The van der Waals surface area contributed by atoms with Gasteiger partial charge in [-0.25, -0.2) is 0 Å². The van der Waals surface area contributed by atoms with Crippen molar-refractivity contribution >= 4 is 23.2 Å². The predicted molar refractivity (Wildman–Crippen MR) is 95.1 cm³/mol. The Morgan fingerprint density at radius 2 is 1.78 bits per heavy atom. The third-order valence-corrected chi connectivity index (χ3v) is 4.01. The van der Waals surface area contributed by atoms with Gasteiger partial charge in [-0.05, 0) is 18.2 Å². The van der Waals surface area contributed by atoms with E-state index in [1.165, 1.54) is 5.56 Å². The van der Waals surface area contributed by atoms with Crippen LogP contribution in [0.4, 0.5) is 0 Å². The maximum Gasteiger partial charge on any atom is 0.138 e. The Morgan fingerprint density at radius 3 is 2.43 bits per heavy atom. The summed E-state index contributed by atoms with van der Waals surface area (Å²) in [5.41, 5.74) is 1.24. The van der Waals surface area contributed by atoms with Crippen molar-refractivity contribution in [3.8, 4) is 5.75 Å². The molecule has 1 N–H and O–H groups in total. The SMILES string of the molecule is C[N+](C)(Cc1ccccc1)CC(O)COc1ccc(Cl)cc1Cl. The molecule has 0 aliphatic carbocycles. The molecule has 5 heteroatoms. The fraction of sp³-hybridized carbons (Fsp3) is 0.333. The minimum Gasteiger partial charge on any atom is -0.489 e. The van der Waals surface area contributed by atoms with E-state index < -0.39 is 6.10 Å². The fourth-order valence-corrected chi connectivity index (χ4v) is 3.01. The van der Waals surface area contributed by atoms with Gasteiger partial charge < -0.3 is 14.3 Å². The van der Waals surface area contributed by atoms with E-state index in [0.717, 1.165) is 6.54 Å². The maximum atomic E-state index is 10.3. The molecule has 2 aromatic carbocycles. The highest BCUT2D eigenvalue weighted by molar-refractivity contribution is 6.35. The number of nitrogens with zero attached hydrogens (tertiary/aromatic N) is 1. The van der Waals surface area contributed by atoms with Gasteiger partial charge in [-0.3, -0.25) is 0 Å². The fourth-order valence-electron chi connectivity index (χ4n) is 2.54. The summed E-state index contributed by atoms with van der Waals surface area (Å²) in [6.07, 6.45) is -0.583. The van der Waals surface area contributed by atoms with E-state index in [0.29, 0.717) is 26.8 Å². The van der Waals surface area contributed by atoms with Gasteiger partial charge in [0.2, 0.25) is 0 Å². The van der Waals surface area contributed by atoms with Crippen molar-refractivity contribution in [3.05, 3.63) is 64.1 Å². The normalized spacial score (nSPS) is 12.9. The van der Waals surface area contributed by atoms with Crippen LogP contribution < -0.4 is 4.74 Å². The molecule has 0 radical (unpaired) electrons. The molecular formula is C18H22Cl2NO2+. The Kier molecular flexibility index (Phi) is 6.31. The van der Waals surface area contributed by atoms with E-state index in [4.69, 9.17) is 27.9 Å². The largest absolute Gasteiger partial charge is 0.489 e. The molecule has 2 aromatic rings. The van der Waals surface area contributed by atoms with E-state index in [1.807, 2.05) is 18.2 Å². The lowest BCUT2D eigenvalue weighted by Crippen LogP contribution is -2.46. The van der Waals surface area contributed by atoms with Crippen LogP contribution in [0.15, 0.2) is 48.5 Å². The molecule has 1 unspecified atom stereocenters. The number of quaternary nitrogens is 1. The van der Waals surface area contributed by atoms with Gasteiger partial charge in [0.1, 0.15) is 31.5 Å². The first-order valence-corrected chi connectivity index (χ1v) is 8.23. The second kappa shape index (κ2) is 8.02. The topological polar surface area (TPSA) is 29.5 Å². The standard InChI is InChI=1S/C18H22Cl2NO2/c1-21(2,11-14-6-4-3-5-7-14)12-16(22)13-23-18-9-8-15(19)10-17(18)20/h3-10,16,22H,11-13H2,1-2H3/q+1. The summed E-state index contributed by atoms with van der Waals surface area (Å²) in [5, 5.41) is 11.3. The molecule has 0 spiro atoms. The molecule has 2 rings (SSSR count). The lowest BCUT2D eigenvalue weighted by atomic mass is 10.2. The lowest BCUT2D eigenvalue weighted by molar-refractivity contribution is -0.906. The molecule has 0 saturated heterocycles. The molecule has 0 bridgehead atoms.